The van der Waals surface area contributed by atoms with Crippen molar-refractivity contribution in [2.45, 2.75) is 25.9 Å². The Hall–Kier alpha value is -2.09. The van der Waals surface area contributed by atoms with E-state index in [-0.39, 0.29) is 11.7 Å². The van der Waals surface area contributed by atoms with Gasteiger partial charge in [-0.2, -0.15) is 0 Å². The van der Waals surface area contributed by atoms with Gasteiger partial charge in [-0.05, 0) is 30.7 Å². The third-order valence-electron chi connectivity index (χ3n) is 3.48. The fourth-order valence-electron chi connectivity index (χ4n) is 2.15. The van der Waals surface area contributed by atoms with E-state index in [2.05, 4.69) is 5.32 Å². The number of anilines is 1. The standard InChI is InChI=1S/C16H19FN2O4S/c1-2-13(15(21)18-12-5-3-11(17)4-6-12)23-14(20)7-8-19-9-10-24-16(19)22/h3-6,13H,2,7-10H2,1H3,(H,18,21)/t13-/m1/s1. The van der Waals surface area contributed by atoms with Crippen molar-refractivity contribution in [2.24, 2.45) is 0 Å². The van der Waals surface area contributed by atoms with Gasteiger partial charge in [0.25, 0.3) is 11.1 Å². The molecule has 2 rings (SSSR count). The van der Waals surface area contributed by atoms with Crippen LogP contribution in [-0.4, -0.2) is 47.0 Å². The number of carbonyl (C=O) groups is 3. The van der Waals surface area contributed by atoms with Gasteiger partial charge < -0.3 is 15.0 Å². The predicted molar refractivity (Wildman–Crippen MR) is 89.2 cm³/mol. The first-order valence-corrected chi connectivity index (χ1v) is 8.65. The first-order valence-electron chi connectivity index (χ1n) is 7.67. The van der Waals surface area contributed by atoms with E-state index in [0.29, 0.717) is 25.2 Å². The molecule has 0 aliphatic carbocycles. The van der Waals surface area contributed by atoms with Crippen molar-refractivity contribution in [3.8, 4) is 0 Å². The van der Waals surface area contributed by atoms with Crippen LogP contribution in [0, 0.1) is 5.82 Å². The Balaban J connectivity index is 1.81. The highest BCUT2D eigenvalue weighted by atomic mass is 32.2. The second-order valence-electron chi connectivity index (χ2n) is 5.23. The summed E-state index contributed by atoms with van der Waals surface area (Å²) in [6.45, 7) is 2.64. The maximum atomic E-state index is 12.8. The Morgan fingerprint density at radius 1 is 1.38 bits per heavy atom. The molecule has 1 aliphatic rings. The van der Waals surface area contributed by atoms with E-state index in [1.165, 1.54) is 36.0 Å². The minimum atomic E-state index is -0.925. The molecule has 1 fully saturated rings. The van der Waals surface area contributed by atoms with Gasteiger partial charge in [-0.15, -0.1) is 0 Å². The Bertz CT molecular complexity index is 609. The topological polar surface area (TPSA) is 75.7 Å². The van der Waals surface area contributed by atoms with Crippen LogP contribution in [0.5, 0.6) is 0 Å². The summed E-state index contributed by atoms with van der Waals surface area (Å²) >= 11 is 1.23. The largest absolute Gasteiger partial charge is 0.452 e. The van der Waals surface area contributed by atoms with E-state index in [0.717, 1.165) is 5.75 Å². The van der Waals surface area contributed by atoms with Crippen molar-refractivity contribution >= 4 is 34.6 Å². The van der Waals surface area contributed by atoms with Gasteiger partial charge in [0.15, 0.2) is 6.10 Å². The molecule has 2 amide bonds. The van der Waals surface area contributed by atoms with Gasteiger partial charge in [-0.1, -0.05) is 18.7 Å². The van der Waals surface area contributed by atoms with Crippen molar-refractivity contribution in [3.63, 3.8) is 0 Å². The quantitative estimate of drug-likeness (QED) is 0.762. The van der Waals surface area contributed by atoms with Gasteiger partial charge in [-0.25, -0.2) is 4.39 Å². The lowest BCUT2D eigenvalue weighted by Crippen LogP contribution is -2.33. The number of hydrogen-bond donors (Lipinski definition) is 1. The smallest absolute Gasteiger partial charge is 0.308 e. The Morgan fingerprint density at radius 3 is 2.67 bits per heavy atom. The minimum Gasteiger partial charge on any atom is -0.452 e. The predicted octanol–water partition coefficient (Wildman–Crippen LogP) is 2.64. The minimum absolute atomic E-state index is 0.0381. The van der Waals surface area contributed by atoms with Gasteiger partial charge in [0, 0.05) is 24.5 Å². The number of nitrogens with one attached hydrogen (secondary N) is 1. The number of ether oxygens (including phenoxy) is 1. The fraction of sp³-hybridized carbons (Fsp3) is 0.438. The highest BCUT2D eigenvalue weighted by Crippen LogP contribution is 2.17. The summed E-state index contributed by atoms with van der Waals surface area (Å²) in [5, 5.41) is 2.54. The lowest BCUT2D eigenvalue weighted by atomic mass is 10.2. The highest BCUT2D eigenvalue weighted by molar-refractivity contribution is 8.13. The molecule has 0 unspecified atom stereocenters. The maximum absolute atomic E-state index is 12.8. The van der Waals surface area contributed by atoms with Crippen LogP contribution in [-0.2, 0) is 14.3 Å². The normalized spacial score (nSPS) is 15.2. The second-order valence-corrected chi connectivity index (χ2v) is 6.28. The van der Waals surface area contributed by atoms with Crippen molar-refractivity contribution in [3.05, 3.63) is 30.1 Å². The number of nitrogens with zero attached hydrogens (tertiary/aromatic N) is 1. The molecule has 6 nitrogen and oxygen atoms in total. The van der Waals surface area contributed by atoms with Gasteiger partial charge in [0.05, 0.1) is 6.42 Å². The molecular formula is C16H19FN2O4S. The number of benzene rings is 1. The second kappa shape index (κ2) is 8.68. The molecule has 1 saturated heterocycles. The Kier molecular flexibility index (Phi) is 6.60. The lowest BCUT2D eigenvalue weighted by Gasteiger charge is -2.18. The molecular weight excluding hydrogens is 335 g/mol. The van der Waals surface area contributed by atoms with Crippen LogP contribution in [0.25, 0.3) is 0 Å². The fourth-order valence-corrected chi connectivity index (χ4v) is 3.00. The molecule has 0 bridgehead atoms. The zero-order chi connectivity index (χ0) is 17.5. The summed E-state index contributed by atoms with van der Waals surface area (Å²) in [6.07, 6.45) is -0.560. The highest BCUT2D eigenvalue weighted by Gasteiger charge is 2.24. The van der Waals surface area contributed by atoms with E-state index < -0.39 is 23.8 Å². The van der Waals surface area contributed by atoms with Crippen molar-refractivity contribution in [1.82, 2.24) is 4.90 Å². The van der Waals surface area contributed by atoms with E-state index >= 15 is 0 Å². The number of esters is 1. The number of thioether (sulfide) groups is 1. The van der Waals surface area contributed by atoms with Gasteiger partial charge in [0.1, 0.15) is 5.82 Å². The van der Waals surface area contributed by atoms with Gasteiger partial charge in [0.2, 0.25) is 0 Å². The molecule has 1 aromatic rings. The van der Waals surface area contributed by atoms with Crippen LogP contribution in [0.2, 0.25) is 0 Å². The van der Waals surface area contributed by atoms with E-state index in [4.69, 9.17) is 4.74 Å². The summed E-state index contributed by atoms with van der Waals surface area (Å²) in [5.41, 5.74) is 0.426. The first-order chi connectivity index (χ1) is 11.5. The first kappa shape index (κ1) is 18.3. The summed E-state index contributed by atoms with van der Waals surface area (Å²) in [5.74, 6) is -0.668. The lowest BCUT2D eigenvalue weighted by molar-refractivity contribution is -0.154. The van der Waals surface area contributed by atoms with Gasteiger partial charge >= 0.3 is 5.97 Å². The van der Waals surface area contributed by atoms with E-state index in [1.54, 1.807) is 11.8 Å². The molecule has 0 saturated carbocycles. The molecule has 1 heterocycles. The summed E-state index contributed by atoms with van der Waals surface area (Å²) in [6, 6.07) is 5.32. The molecule has 1 N–H and O–H groups in total. The average molecular weight is 354 g/mol. The summed E-state index contributed by atoms with van der Waals surface area (Å²) < 4.78 is 18.0. The number of rotatable bonds is 7. The zero-order valence-electron chi connectivity index (χ0n) is 13.3. The molecule has 24 heavy (non-hydrogen) atoms. The molecule has 1 atom stereocenters. The maximum Gasteiger partial charge on any atom is 0.308 e. The number of hydrogen-bond acceptors (Lipinski definition) is 5. The van der Waals surface area contributed by atoms with Crippen LogP contribution in [0.15, 0.2) is 24.3 Å². The number of halogens is 1. The number of carbonyl (C=O) groups excluding carboxylic acids is 3. The SMILES string of the molecule is CC[C@@H](OC(=O)CCN1CCSC1=O)C(=O)Nc1ccc(F)cc1. The van der Waals surface area contributed by atoms with E-state index in [9.17, 15) is 18.8 Å². The monoisotopic (exact) mass is 354 g/mol. The molecule has 0 radical (unpaired) electrons. The average Bonchev–Trinajstić information content (AvgIpc) is 2.97. The molecule has 0 spiro atoms. The Labute approximate surface area is 143 Å². The van der Waals surface area contributed by atoms with E-state index in [1.807, 2.05) is 0 Å². The van der Waals surface area contributed by atoms with Crippen LogP contribution in [0.3, 0.4) is 0 Å². The molecule has 1 aliphatic heterocycles. The Morgan fingerprint density at radius 2 is 2.08 bits per heavy atom. The van der Waals surface area contributed by atoms with Crippen LogP contribution in [0.1, 0.15) is 19.8 Å². The summed E-state index contributed by atoms with van der Waals surface area (Å²) in [4.78, 5) is 37.0. The van der Waals surface area contributed by atoms with Crippen LogP contribution in [0.4, 0.5) is 14.9 Å². The van der Waals surface area contributed by atoms with Crippen molar-refractivity contribution in [2.75, 3.05) is 24.2 Å². The number of amides is 2. The molecule has 1 aromatic carbocycles. The van der Waals surface area contributed by atoms with Crippen LogP contribution >= 0.6 is 11.8 Å². The molecule has 130 valence electrons. The third-order valence-corrected chi connectivity index (χ3v) is 4.37. The van der Waals surface area contributed by atoms with Crippen molar-refractivity contribution in [1.29, 1.82) is 0 Å². The summed E-state index contributed by atoms with van der Waals surface area (Å²) in [7, 11) is 0. The zero-order valence-corrected chi connectivity index (χ0v) is 14.1. The third kappa shape index (κ3) is 5.23. The molecule has 0 aromatic heterocycles. The van der Waals surface area contributed by atoms with Gasteiger partial charge in [-0.3, -0.25) is 14.4 Å². The molecule has 8 heteroatoms. The van der Waals surface area contributed by atoms with Crippen LogP contribution < -0.4 is 5.32 Å². The van der Waals surface area contributed by atoms with Crippen molar-refractivity contribution < 1.29 is 23.5 Å².